The number of carbonyl (C=O) groups is 1. The van der Waals surface area contributed by atoms with Gasteiger partial charge < -0.3 is 10.1 Å². The zero-order chi connectivity index (χ0) is 23.3. The number of nitrogens with zero attached hydrogens (tertiary/aromatic N) is 2. The summed E-state index contributed by atoms with van der Waals surface area (Å²) in [6.07, 6.45) is -2.73. The van der Waals surface area contributed by atoms with E-state index in [4.69, 9.17) is 4.74 Å². The van der Waals surface area contributed by atoms with E-state index in [9.17, 15) is 28.1 Å². The summed E-state index contributed by atoms with van der Waals surface area (Å²) in [7, 11) is 1.41. The molecule has 0 aliphatic heterocycles. The van der Waals surface area contributed by atoms with E-state index in [1.54, 1.807) is 18.2 Å². The number of methoxy groups -OCH3 is 1. The predicted octanol–water partition coefficient (Wildman–Crippen LogP) is 5.26. The van der Waals surface area contributed by atoms with Crippen LogP contribution in [0.15, 0.2) is 60.8 Å². The Morgan fingerprint density at radius 3 is 2.47 bits per heavy atom. The number of pyridine rings is 1. The van der Waals surface area contributed by atoms with Gasteiger partial charge in [-0.25, -0.2) is 4.98 Å². The van der Waals surface area contributed by atoms with Crippen LogP contribution in [0.25, 0.3) is 11.1 Å². The lowest BCUT2D eigenvalue weighted by atomic mass is 10.0. The summed E-state index contributed by atoms with van der Waals surface area (Å²) in [6.45, 7) is 0. The lowest BCUT2D eigenvalue weighted by Crippen LogP contribution is -2.13. The highest BCUT2D eigenvalue weighted by Gasteiger charge is 2.29. The molecule has 32 heavy (non-hydrogen) atoms. The second-order valence-electron chi connectivity index (χ2n) is 6.81. The minimum Gasteiger partial charge on any atom is -0.497 e. The number of alkyl halides is 3. The number of nitro groups is 1. The van der Waals surface area contributed by atoms with Crippen LogP contribution in [0.2, 0.25) is 0 Å². The molecule has 0 bridgehead atoms. The third-order valence-corrected chi connectivity index (χ3v) is 4.66. The van der Waals surface area contributed by atoms with E-state index in [2.05, 4.69) is 10.3 Å². The molecule has 0 aliphatic rings. The van der Waals surface area contributed by atoms with E-state index in [0.29, 0.717) is 22.4 Å². The molecule has 0 fully saturated rings. The van der Waals surface area contributed by atoms with Crippen LogP contribution in [0.1, 0.15) is 17.5 Å². The number of nitrogens with one attached hydrogen (secondary N) is 1. The molecule has 1 heterocycles. The molecule has 0 saturated heterocycles. The molecule has 0 aliphatic carbocycles. The number of anilines is 1. The van der Waals surface area contributed by atoms with Crippen LogP contribution < -0.4 is 10.1 Å². The smallest absolute Gasteiger partial charge is 0.416 e. The summed E-state index contributed by atoms with van der Waals surface area (Å²) in [5.74, 6) is 0.148. The number of halogens is 3. The Bertz CT molecular complexity index is 1130. The molecule has 3 rings (SSSR count). The first-order valence-corrected chi connectivity index (χ1v) is 9.42. The molecule has 0 radical (unpaired) electrons. The summed E-state index contributed by atoms with van der Waals surface area (Å²) in [6, 6.07) is 12.1. The van der Waals surface area contributed by atoms with Crippen LogP contribution in [-0.2, 0) is 17.4 Å². The zero-order valence-electron chi connectivity index (χ0n) is 16.8. The normalized spacial score (nSPS) is 11.1. The monoisotopic (exact) mass is 445 g/mol. The highest BCUT2D eigenvalue weighted by Crippen LogP contribution is 2.34. The summed E-state index contributed by atoms with van der Waals surface area (Å²) >= 11 is 0. The van der Waals surface area contributed by atoms with Crippen molar-refractivity contribution >= 4 is 17.4 Å². The molecule has 3 aromatic rings. The van der Waals surface area contributed by atoms with Crippen molar-refractivity contribution in [2.75, 3.05) is 12.4 Å². The highest BCUT2D eigenvalue weighted by atomic mass is 19.4. The molecule has 0 unspecified atom stereocenters. The molecular weight excluding hydrogens is 427 g/mol. The average Bonchev–Trinajstić information content (AvgIpc) is 2.77. The Morgan fingerprint density at radius 1 is 1.12 bits per heavy atom. The fourth-order valence-corrected chi connectivity index (χ4v) is 3.02. The van der Waals surface area contributed by atoms with Crippen molar-refractivity contribution in [3.8, 4) is 16.9 Å². The summed E-state index contributed by atoms with van der Waals surface area (Å²) in [5.41, 5.74) is 0.490. The van der Waals surface area contributed by atoms with E-state index < -0.39 is 22.6 Å². The molecular formula is C22H18F3N3O4. The van der Waals surface area contributed by atoms with Crippen molar-refractivity contribution in [2.24, 2.45) is 0 Å². The third kappa shape index (κ3) is 5.60. The molecule has 1 amide bonds. The predicted molar refractivity (Wildman–Crippen MR) is 111 cm³/mol. The van der Waals surface area contributed by atoms with Gasteiger partial charge in [0.15, 0.2) is 0 Å². The fraction of sp³-hybridized carbons (Fsp3) is 0.182. The average molecular weight is 445 g/mol. The maximum Gasteiger partial charge on any atom is 0.416 e. The Balaban J connectivity index is 1.69. The van der Waals surface area contributed by atoms with Gasteiger partial charge in [0.2, 0.25) is 5.91 Å². The molecule has 1 aromatic heterocycles. The quantitative estimate of drug-likeness (QED) is 0.396. The first kappa shape index (κ1) is 22.7. The van der Waals surface area contributed by atoms with Gasteiger partial charge in [0.05, 0.1) is 29.2 Å². The van der Waals surface area contributed by atoms with E-state index in [1.807, 2.05) is 0 Å². The van der Waals surface area contributed by atoms with Gasteiger partial charge in [0.25, 0.3) is 5.69 Å². The standard InChI is InChI=1S/C22H18F3N3O4/c1-32-17-7-8-18(19(13-17)28(30)31)15-10-11-26-20(12-15)27-21(29)9-4-14-2-5-16(6-3-14)22(23,24)25/h2-3,5-8,10-13H,4,9H2,1H3,(H,26,27,29). The Hall–Kier alpha value is -3.95. The lowest BCUT2D eigenvalue weighted by molar-refractivity contribution is -0.384. The van der Waals surface area contributed by atoms with Crippen LogP contribution in [0, 0.1) is 10.1 Å². The van der Waals surface area contributed by atoms with Crippen LogP contribution in [0.3, 0.4) is 0 Å². The second kappa shape index (κ2) is 9.46. The first-order valence-electron chi connectivity index (χ1n) is 9.42. The summed E-state index contributed by atoms with van der Waals surface area (Å²) < 4.78 is 42.9. The molecule has 1 N–H and O–H groups in total. The number of hydrogen-bond donors (Lipinski definition) is 1. The minimum absolute atomic E-state index is 0.0277. The second-order valence-corrected chi connectivity index (χ2v) is 6.81. The SMILES string of the molecule is COc1ccc(-c2ccnc(NC(=O)CCc3ccc(C(F)(F)F)cc3)c2)c([N+](=O)[O-])c1. The van der Waals surface area contributed by atoms with Gasteiger partial charge in [-0.3, -0.25) is 14.9 Å². The van der Waals surface area contributed by atoms with Crippen LogP contribution in [0.5, 0.6) is 5.75 Å². The molecule has 166 valence electrons. The van der Waals surface area contributed by atoms with Crippen molar-refractivity contribution in [3.63, 3.8) is 0 Å². The Labute approximate surface area is 181 Å². The van der Waals surface area contributed by atoms with Crippen LogP contribution in [0.4, 0.5) is 24.7 Å². The zero-order valence-corrected chi connectivity index (χ0v) is 16.8. The first-order chi connectivity index (χ1) is 15.2. The largest absolute Gasteiger partial charge is 0.497 e. The number of aryl methyl sites for hydroxylation is 1. The Morgan fingerprint density at radius 2 is 1.84 bits per heavy atom. The number of benzene rings is 2. The van der Waals surface area contributed by atoms with Gasteiger partial charge in [0, 0.05) is 12.6 Å². The van der Waals surface area contributed by atoms with Crippen molar-refractivity contribution in [1.29, 1.82) is 0 Å². The topological polar surface area (TPSA) is 94.4 Å². The molecule has 7 nitrogen and oxygen atoms in total. The maximum absolute atomic E-state index is 12.6. The summed E-state index contributed by atoms with van der Waals surface area (Å²) in [4.78, 5) is 27.2. The number of rotatable bonds is 7. The molecule has 0 saturated carbocycles. The van der Waals surface area contributed by atoms with Crippen molar-refractivity contribution in [2.45, 2.75) is 19.0 Å². The highest BCUT2D eigenvalue weighted by molar-refractivity contribution is 5.90. The number of amides is 1. The van der Waals surface area contributed by atoms with Gasteiger partial charge in [0.1, 0.15) is 11.6 Å². The number of ether oxygens (including phenoxy) is 1. The van der Waals surface area contributed by atoms with Crippen molar-refractivity contribution in [1.82, 2.24) is 4.98 Å². The fourth-order valence-electron chi connectivity index (χ4n) is 3.02. The van der Waals surface area contributed by atoms with Crippen LogP contribution in [-0.4, -0.2) is 22.9 Å². The lowest BCUT2D eigenvalue weighted by Gasteiger charge is -2.09. The van der Waals surface area contributed by atoms with E-state index in [-0.39, 0.29) is 24.3 Å². The van der Waals surface area contributed by atoms with Gasteiger partial charge in [-0.05, 0) is 53.9 Å². The third-order valence-electron chi connectivity index (χ3n) is 4.66. The molecule has 0 spiro atoms. The van der Waals surface area contributed by atoms with Gasteiger partial charge in [-0.2, -0.15) is 13.2 Å². The van der Waals surface area contributed by atoms with Gasteiger partial charge >= 0.3 is 6.18 Å². The van der Waals surface area contributed by atoms with E-state index in [1.165, 1.54) is 37.6 Å². The number of carbonyl (C=O) groups excluding carboxylic acids is 1. The Kier molecular flexibility index (Phi) is 6.72. The van der Waals surface area contributed by atoms with Crippen molar-refractivity contribution < 1.29 is 27.6 Å². The van der Waals surface area contributed by atoms with Gasteiger partial charge in [-0.15, -0.1) is 0 Å². The molecule has 2 aromatic carbocycles. The number of aromatic nitrogens is 1. The van der Waals surface area contributed by atoms with E-state index >= 15 is 0 Å². The van der Waals surface area contributed by atoms with Gasteiger partial charge in [-0.1, -0.05) is 12.1 Å². The number of hydrogen-bond acceptors (Lipinski definition) is 5. The van der Waals surface area contributed by atoms with Crippen LogP contribution >= 0.6 is 0 Å². The minimum atomic E-state index is -4.41. The summed E-state index contributed by atoms with van der Waals surface area (Å²) in [5, 5.41) is 14.0. The molecule has 10 heteroatoms. The van der Waals surface area contributed by atoms with Crippen molar-refractivity contribution in [3.05, 3.63) is 82.0 Å². The molecule has 0 atom stereocenters. The number of nitro benzene ring substituents is 1. The van der Waals surface area contributed by atoms with E-state index in [0.717, 1.165) is 12.1 Å². The maximum atomic E-state index is 12.6.